The maximum Gasteiger partial charge on any atom is 0.0779 e. The lowest BCUT2D eigenvalue weighted by molar-refractivity contribution is -0.0552. The monoisotopic (exact) mass is 185 g/mol. The van der Waals surface area contributed by atoms with Crippen molar-refractivity contribution in [2.45, 2.75) is 45.6 Å². The first kappa shape index (κ1) is 11.0. The van der Waals surface area contributed by atoms with Gasteiger partial charge in [0, 0.05) is 6.54 Å². The minimum Gasteiger partial charge on any atom is -0.389 e. The topological polar surface area (TPSA) is 32.3 Å². The highest BCUT2D eigenvalue weighted by Gasteiger charge is 2.40. The van der Waals surface area contributed by atoms with Gasteiger partial charge in [-0.05, 0) is 37.6 Å². The van der Waals surface area contributed by atoms with E-state index < -0.39 is 5.60 Å². The molecule has 0 bridgehead atoms. The van der Waals surface area contributed by atoms with Crippen molar-refractivity contribution in [1.29, 1.82) is 0 Å². The van der Waals surface area contributed by atoms with E-state index >= 15 is 0 Å². The van der Waals surface area contributed by atoms with Crippen LogP contribution in [0.4, 0.5) is 0 Å². The average molecular weight is 185 g/mol. The Balaban J connectivity index is 2.66. The summed E-state index contributed by atoms with van der Waals surface area (Å²) in [4.78, 5) is 0. The summed E-state index contributed by atoms with van der Waals surface area (Å²) in [5.74, 6) is 0.641. The van der Waals surface area contributed by atoms with Gasteiger partial charge in [0.25, 0.3) is 0 Å². The van der Waals surface area contributed by atoms with Gasteiger partial charge in [-0.15, -0.1) is 0 Å². The van der Waals surface area contributed by atoms with Gasteiger partial charge in [0.2, 0.25) is 0 Å². The van der Waals surface area contributed by atoms with Crippen molar-refractivity contribution in [3.8, 4) is 0 Å². The summed E-state index contributed by atoms with van der Waals surface area (Å²) in [7, 11) is 1.91. The van der Waals surface area contributed by atoms with Gasteiger partial charge < -0.3 is 10.4 Å². The fraction of sp³-hybridized carbons (Fsp3) is 1.00. The van der Waals surface area contributed by atoms with Gasteiger partial charge in [-0.25, -0.2) is 0 Å². The van der Waals surface area contributed by atoms with Gasteiger partial charge in [-0.3, -0.25) is 0 Å². The molecule has 2 N–H and O–H groups in total. The zero-order valence-electron chi connectivity index (χ0n) is 9.35. The van der Waals surface area contributed by atoms with Gasteiger partial charge in [0.1, 0.15) is 0 Å². The predicted molar refractivity (Wildman–Crippen MR) is 55.7 cm³/mol. The van der Waals surface area contributed by atoms with Crippen molar-refractivity contribution >= 4 is 0 Å². The fourth-order valence-corrected chi connectivity index (χ4v) is 3.16. The van der Waals surface area contributed by atoms with Crippen molar-refractivity contribution in [2.24, 2.45) is 11.3 Å². The molecule has 0 saturated heterocycles. The molecular weight excluding hydrogens is 162 g/mol. The largest absolute Gasteiger partial charge is 0.389 e. The maximum absolute atomic E-state index is 10.3. The van der Waals surface area contributed by atoms with E-state index in [9.17, 15) is 5.11 Å². The molecule has 2 heteroatoms. The van der Waals surface area contributed by atoms with Crippen LogP contribution in [-0.4, -0.2) is 24.3 Å². The Hall–Kier alpha value is -0.0800. The summed E-state index contributed by atoms with van der Waals surface area (Å²) < 4.78 is 0. The highest BCUT2D eigenvalue weighted by molar-refractivity contribution is 4.94. The summed E-state index contributed by atoms with van der Waals surface area (Å²) in [5, 5.41) is 13.4. The summed E-state index contributed by atoms with van der Waals surface area (Å²) >= 11 is 0. The number of aliphatic hydroxyl groups is 1. The molecule has 0 aromatic carbocycles. The highest BCUT2D eigenvalue weighted by atomic mass is 16.3. The van der Waals surface area contributed by atoms with E-state index in [0.29, 0.717) is 11.3 Å². The van der Waals surface area contributed by atoms with Gasteiger partial charge in [-0.2, -0.15) is 0 Å². The first-order valence-electron chi connectivity index (χ1n) is 5.24. The molecule has 0 spiro atoms. The molecule has 0 aromatic heterocycles. The van der Waals surface area contributed by atoms with Crippen molar-refractivity contribution in [3.05, 3.63) is 0 Å². The minimum absolute atomic E-state index is 0.295. The van der Waals surface area contributed by atoms with Crippen LogP contribution < -0.4 is 5.32 Å². The van der Waals surface area contributed by atoms with Crippen molar-refractivity contribution < 1.29 is 5.11 Å². The molecule has 0 aromatic rings. The summed E-state index contributed by atoms with van der Waals surface area (Å²) in [5.41, 5.74) is -0.181. The zero-order valence-corrected chi connectivity index (χ0v) is 9.35. The summed E-state index contributed by atoms with van der Waals surface area (Å²) in [6, 6.07) is 0. The predicted octanol–water partition coefficient (Wildman–Crippen LogP) is 1.78. The number of hydrogen-bond acceptors (Lipinski definition) is 2. The third-order valence-electron chi connectivity index (χ3n) is 2.94. The molecule has 1 aliphatic rings. The molecule has 13 heavy (non-hydrogen) atoms. The maximum atomic E-state index is 10.3. The first-order chi connectivity index (χ1) is 5.87. The number of nitrogens with one attached hydrogen (secondary N) is 1. The Labute approximate surface area is 81.7 Å². The third kappa shape index (κ3) is 2.96. The highest BCUT2D eigenvalue weighted by Crippen LogP contribution is 2.43. The molecule has 1 fully saturated rings. The van der Waals surface area contributed by atoms with Crippen molar-refractivity contribution in [3.63, 3.8) is 0 Å². The molecule has 0 radical (unpaired) electrons. The molecule has 1 rings (SSSR count). The van der Waals surface area contributed by atoms with Crippen LogP contribution in [0.3, 0.4) is 0 Å². The number of rotatable bonds is 2. The van der Waals surface area contributed by atoms with Crippen LogP contribution >= 0.6 is 0 Å². The van der Waals surface area contributed by atoms with E-state index in [1.54, 1.807) is 0 Å². The Morgan fingerprint density at radius 2 is 2.00 bits per heavy atom. The zero-order chi connectivity index (χ0) is 10.1. The number of hydrogen-bond donors (Lipinski definition) is 2. The molecule has 2 unspecified atom stereocenters. The lowest BCUT2D eigenvalue weighted by Crippen LogP contribution is -2.48. The Morgan fingerprint density at radius 3 is 2.46 bits per heavy atom. The van der Waals surface area contributed by atoms with Gasteiger partial charge in [-0.1, -0.05) is 20.8 Å². The Bertz CT molecular complexity index is 179. The normalized spacial score (nSPS) is 39.0. The SMILES string of the molecule is CNCC1(O)CC(C)CC(C)(C)C1. The lowest BCUT2D eigenvalue weighted by Gasteiger charge is -2.44. The third-order valence-corrected chi connectivity index (χ3v) is 2.94. The fourth-order valence-electron chi connectivity index (χ4n) is 3.16. The van der Waals surface area contributed by atoms with Crippen LogP contribution in [0.25, 0.3) is 0 Å². The van der Waals surface area contributed by atoms with E-state index in [2.05, 4.69) is 26.1 Å². The van der Waals surface area contributed by atoms with Gasteiger partial charge in [0.15, 0.2) is 0 Å². The summed E-state index contributed by atoms with van der Waals surface area (Å²) in [6.45, 7) is 7.47. The molecule has 1 saturated carbocycles. The molecule has 0 aliphatic heterocycles. The molecule has 2 nitrogen and oxygen atoms in total. The second-order valence-electron chi connectivity index (χ2n) is 5.61. The van der Waals surface area contributed by atoms with Crippen LogP contribution in [0.5, 0.6) is 0 Å². The second kappa shape index (κ2) is 3.58. The minimum atomic E-state index is -0.476. The van der Waals surface area contributed by atoms with Crippen molar-refractivity contribution in [2.75, 3.05) is 13.6 Å². The Kier molecular flexibility index (Phi) is 3.03. The van der Waals surface area contributed by atoms with Crippen LogP contribution in [0.2, 0.25) is 0 Å². The van der Waals surface area contributed by atoms with E-state index in [-0.39, 0.29) is 0 Å². The molecule has 2 atom stereocenters. The standard InChI is InChI=1S/C11H23NO/c1-9-5-10(2,3)7-11(13,6-9)8-12-4/h9,12-13H,5-8H2,1-4H3. The molecular formula is C11H23NO. The van der Waals surface area contributed by atoms with E-state index in [1.807, 2.05) is 7.05 Å². The molecule has 1 aliphatic carbocycles. The van der Waals surface area contributed by atoms with Gasteiger partial charge in [0.05, 0.1) is 5.60 Å². The molecule has 0 heterocycles. The van der Waals surface area contributed by atoms with Crippen LogP contribution in [0.15, 0.2) is 0 Å². The average Bonchev–Trinajstić information content (AvgIpc) is 1.78. The number of likely N-dealkylation sites (N-methyl/N-ethyl adjacent to an activating group) is 1. The second-order valence-corrected chi connectivity index (χ2v) is 5.61. The van der Waals surface area contributed by atoms with Crippen LogP contribution in [-0.2, 0) is 0 Å². The molecule has 0 amide bonds. The van der Waals surface area contributed by atoms with Crippen molar-refractivity contribution in [1.82, 2.24) is 5.32 Å². The lowest BCUT2D eigenvalue weighted by atomic mass is 9.66. The molecule has 78 valence electrons. The Morgan fingerprint density at radius 1 is 1.38 bits per heavy atom. The smallest absolute Gasteiger partial charge is 0.0779 e. The van der Waals surface area contributed by atoms with E-state index in [0.717, 1.165) is 19.4 Å². The quantitative estimate of drug-likeness (QED) is 0.687. The van der Waals surface area contributed by atoms with E-state index in [4.69, 9.17) is 0 Å². The van der Waals surface area contributed by atoms with Crippen LogP contribution in [0.1, 0.15) is 40.0 Å². The summed E-state index contributed by atoms with van der Waals surface area (Å²) in [6.07, 6.45) is 3.10. The van der Waals surface area contributed by atoms with E-state index in [1.165, 1.54) is 6.42 Å². The van der Waals surface area contributed by atoms with Gasteiger partial charge >= 0.3 is 0 Å². The van der Waals surface area contributed by atoms with Crippen LogP contribution in [0, 0.1) is 11.3 Å². The first-order valence-corrected chi connectivity index (χ1v) is 5.24.